The highest BCUT2D eigenvalue weighted by Crippen LogP contribution is 2.21. The summed E-state index contributed by atoms with van der Waals surface area (Å²) in [5.41, 5.74) is 5.24. The molecule has 2 rings (SSSR count). The second-order valence-electron chi connectivity index (χ2n) is 6.78. The van der Waals surface area contributed by atoms with Crippen LogP contribution in [0.5, 0.6) is 0 Å². The Morgan fingerprint density at radius 3 is 2.45 bits per heavy atom. The van der Waals surface area contributed by atoms with Gasteiger partial charge in [-0.2, -0.15) is 0 Å². The molecule has 0 radical (unpaired) electrons. The van der Waals surface area contributed by atoms with Crippen molar-refractivity contribution in [2.24, 2.45) is 11.7 Å². The van der Waals surface area contributed by atoms with Gasteiger partial charge in [0.2, 0.25) is 11.8 Å². The lowest BCUT2D eigenvalue weighted by Crippen LogP contribution is -2.48. The van der Waals surface area contributed by atoms with Gasteiger partial charge in [-0.3, -0.25) is 14.5 Å². The third kappa shape index (κ3) is 4.95. The molecular formula is C16H29N3O3. The lowest BCUT2D eigenvalue weighted by Gasteiger charge is -2.37. The molecule has 2 saturated heterocycles. The molecule has 2 aliphatic heterocycles. The fourth-order valence-electron chi connectivity index (χ4n) is 3.33. The van der Waals surface area contributed by atoms with Gasteiger partial charge in [-0.25, -0.2) is 0 Å². The number of nitrogens with two attached hydrogens (primary N) is 1. The Labute approximate surface area is 132 Å². The molecule has 1 atom stereocenters. The van der Waals surface area contributed by atoms with E-state index in [1.54, 1.807) is 0 Å². The number of ether oxygens (including phenoxy) is 1. The smallest absolute Gasteiger partial charge is 0.225 e. The summed E-state index contributed by atoms with van der Waals surface area (Å²) < 4.78 is 5.74. The van der Waals surface area contributed by atoms with E-state index < -0.39 is 0 Å². The minimum atomic E-state index is -0.242. The molecule has 0 aromatic carbocycles. The van der Waals surface area contributed by atoms with E-state index in [0.717, 1.165) is 39.0 Å². The van der Waals surface area contributed by atoms with Gasteiger partial charge in [0.1, 0.15) is 0 Å². The molecule has 0 aliphatic carbocycles. The third-order valence-electron chi connectivity index (χ3n) is 4.76. The van der Waals surface area contributed by atoms with Crippen LogP contribution in [-0.2, 0) is 14.3 Å². The number of amides is 2. The summed E-state index contributed by atoms with van der Waals surface area (Å²) in [4.78, 5) is 27.6. The number of carbonyl (C=O) groups excluding carboxylic acids is 2. The van der Waals surface area contributed by atoms with Crippen molar-refractivity contribution in [1.29, 1.82) is 0 Å². The van der Waals surface area contributed by atoms with Crippen molar-refractivity contribution in [3.63, 3.8) is 0 Å². The number of piperidine rings is 1. The van der Waals surface area contributed by atoms with Crippen molar-refractivity contribution in [2.75, 3.05) is 32.8 Å². The topological polar surface area (TPSA) is 75.9 Å². The predicted molar refractivity (Wildman–Crippen MR) is 84.2 cm³/mol. The van der Waals surface area contributed by atoms with Crippen LogP contribution in [0, 0.1) is 5.92 Å². The largest absolute Gasteiger partial charge is 0.375 e. The highest BCUT2D eigenvalue weighted by Gasteiger charge is 2.28. The van der Waals surface area contributed by atoms with Crippen molar-refractivity contribution in [1.82, 2.24) is 9.80 Å². The zero-order valence-corrected chi connectivity index (χ0v) is 13.8. The zero-order chi connectivity index (χ0) is 16.1. The summed E-state index contributed by atoms with van der Waals surface area (Å²) in [7, 11) is 0. The zero-order valence-electron chi connectivity index (χ0n) is 13.8. The molecule has 6 nitrogen and oxygen atoms in total. The van der Waals surface area contributed by atoms with Gasteiger partial charge in [0.15, 0.2) is 0 Å². The first kappa shape index (κ1) is 17.2. The summed E-state index contributed by atoms with van der Waals surface area (Å²) in [6.07, 6.45) is 2.66. The number of morpholine rings is 1. The monoisotopic (exact) mass is 311 g/mol. The highest BCUT2D eigenvalue weighted by atomic mass is 16.5. The number of rotatable bonds is 5. The van der Waals surface area contributed by atoms with Crippen LogP contribution >= 0.6 is 0 Å². The van der Waals surface area contributed by atoms with Crippen molar-refractivity contribution in [3.8, 4) is 0 Å². The number of carbonyl (C=O) groups is 2. The summed E-state index contributed by atoms with van der Waals surface area (Å²) in [5, 5.41) is 0. The van der Waals surface area contributed by atoms with Crippen LogP contribution in [-0.4, -0.2) is 66.5 Å². The van der Waals surface area contributed by atoms with Crippen LogP contribution < -0.4 is 5.73 Å². The van der Waals surface area contributed by atoms with Gasteiger partial charge in [0.25, 0.3) is 0 Å². The predicted octanol–water partition coefficient (Wildman–Crippen LogP) is 0.600. The minimum Gasteiger partial charge on any atom is -0.375 e. The normalized spacial score (nSPS) is 24.7. The van der Waals surface area contributed by atoms with Crippen molar-refractivity contribution in [2.45, 2.75) is 51.7 Å². The molecule has 0 aromatic heterocycles. The highest BCUT2D eigenvalue weighted by molar-refractivity contribution is 5.77. The molecule has 2 amide bonds. The quantitative estimate of drug-likeness (QED) is 0.807. The van der Waals surface area contributed by atoms with Gasteiger partial charge in [-0.1, -0.05) is 0 Å². The van der Waals surface area contributed by atoms with Crippen LogP contribution in [0.2, 0.25) is 0 Å². The summed E-state index contributed by atoms with van der Waals surface area (Å²) in [6.45, 7) is 8.30. The van der Waals surface area contributed by atoms with Crippen LogP contribution in [0.4, 0.5) is 0 Å². The van der Waals surface area contributed by atoms with Crippen molar-refractivity contribution in [3.05, 3.63) is 0 Å². The first-order valence-electron chi connectivity index (χ1n) is 8.37. The molecule has 0 unspecified atom stereocenters. The lowest BCUT2D eigenvalue weighted by atomic mass is 9.93. The Balaban J connectivity index is 1.75. The van der Waals surface area contributed by atoms with E-state index in [2.05, 4.69) is 18.7 Å². The number of likely N-dealkylation sites (tertiary alicyclic amines) is 1. The van der Waals surface area contributed by atoms with Gasteiger partial charge >= 0.3 is 0 Å². The van der Waals surface area contributed by atoms with E-state index in [9.17, 15) is 9.59 Å². The van der Waals surface area contributed by atoms with E-state index >= 15 is 0 Å². The molecule has 0 aromatic rings. The van der Waals surface area contributed by atoms with Gasteiger partial charge in [-0.05, 0) is 32.6 Å². The van der Waals surface area contributed by atoms with E-state index in [1.165, 1.54) is 0 Å². The van der Waals surface area contributed by atoms with Crippen molar-refractivity contribution < 1.29 is 14.3 Å². The number of primary amides is 1. The Morgan fingerprint density at radius 1 is 1.18 bits per heavy atom. The molecular weight excluding hydrogens is 282 g/mol. The molecule has 0 spiro atoms. The second kappa shape index (κ2) is 7.92. The summed E-state index contributed by atoms with van der Waals surface area (Å²) in [6, 6.07) is 0.492. The van der Waals surface area contributed by atoms with Crippen LogP contribution in [0.15, 0.2) is 0 Å². The molecule has 2 heterocycles. The molecule has 2 N–H and O–H groups in total. The fourth-order valence-corrected chi connectivity index (χ4v) is 3.33. The van der Waals surface area contributed by atoms with E-state index in [0.29, 0.717) is 31.4 Å². The summed E-state index contributed by atoms with van der Waals surface area (Å²) >= 11 is 0. The van der Waals surface area contributed by atoms with Crippen LogP contribution in [0.3, 0.4) is 0 Å². The number of hydrogen-bond donors (Lipinski definition) is 1. The Kier molecular flexibility index (Phi) is 6.20. The average molecular weight is 311 g/mol. The lowest BCUT2D eigenvalue weighted by molar-refractivity contribution is -0.138. The van der Waals surface area contributed by atoms with E-state index in [1.807, 2.05) is 4.90 Å². The van der Waals surface area contributed by atoms with Gasteiger partial charge in [-0.15, -0.1) is 0 Å². The maximum Gasteiger partial charge on any atom is 0.225 e. The average Bonchev–Trinajstić information content (AvgIpc) is 2.47. The van der Waals surface area contributed by atoms with Gasteiger partial charge in [0.05, 0.1) is 19.1 Å². The number of hydrogen-bond acceptors (Lipinski definition) is 4. The Bertz CT molecular complexity index is 392. The number of nitrogens with zero attached hydrogens (tertiary/aromatic N) is 2. The summed E-state index contributed by atoms with van der Waals surface area (Å²) in [5.74, 6) is 0.270. The minimum absolute atomic E-state index is 0.00648. The molecule has 126 valence electrons. The third-order valence-corrected chi connectivity index (χ3v) is 4.76. The van der Waals surface area contributed by atoms with E-state index in [4.69, 9.17) is 10.5 Å². The first-order chi connectivity index (χ1) is 10.5. The molecule has 0 saturated carbocycles. The molecule has 22 heavy (non-hydrogen) atoms. The second-order valence-corrected chi connectivity index (χ2v) is 6.78. The Hall–Kier alpha value is -1.14. The van der Waals surface area contributed by atoms with E-state index in [-0.39, 0.29) is 17.9 Å². The maximum absolute atomic E-state index is 12.4. The van der Waals surface area contributed by atoms with Gasteiger partial charge in [0, 0.05) is 38.6 Å². The molecule has 0 bridgehead atoms. The SMILES string of the molecule is CC(C)N1CCO[C@@H](CC(=O)N2CCC(CC(N)=O)CC2)C1. The first-order valence-corrected chi connectivity index (χ1v) is 8.37. The Morgan fingerprint density at radius 2 is 1.86 bits per heavy atom. The standard InChI is InChI=1S/C16H29N3O3/c1-12(2)19-7-8-22-14(11-19)10-16(21)18-5-3-13(4-6-18)9-15(17)20/h12-14H,3-11H2,1-2H3,(H2,17,20)/t14-/m0/s1. The molecule has 2 aliphatic rings. The molecule has 2 fully saturated rings. The molecule has 6 heteroatoms. The maximum atomic E-state index is 12.4. The van der Waals surface area contributed by atoms with Crippen LogP contribution in [0.25, 0.3) is 0 Å². The van der Waals surface area contributed by atoms with Crippen molar-refractivity contribution >= 4 is 11.8 Å². The van der Waals surface area contributed by atoms with Gasteiger partial charge < -0.3 is 15.4 Å². The fraction of sp³-hybridized carbons (Fsp3) is 0.875. The van der Waals surface area contributed by atoms with Crippen LogP contribution in [0.1, 0.15) is 39.5 Å².